The summed E-state index contributed by atoms with van der Waals surface area (Å²) < 4.78 is 2.00. The predicted octanol–water partition coefficient (Wildman–Crippen LogP) is 0.537. The molecule has 2 aromatic rings. The first-order valence-electron chi connectivity index (χ1n) is 4.15. The number of nitrogens with zero attached hydrogens (tertiary/aromatic N) is 2. The van der Waals surface area contributed by atoms with Gasteiger partial charge in [0, 0.05) is 31.4 Å². The number of aromatic nitrogens is 2. The topological polar surface area (TPSA) is 55.9 Å². The Bertz CT molecular complexity index is 418. The van der Waals surface area contributed by atoms with Crippen LogP contribution in [0.25, 0.3) is 11.0 Å². The van der Waals surface area contributed by atoms with Crippen molar-refractivity contribution >= 4 is 11.0 Å². The van der Waals surface area contributed by atoms with E-state index < -0.39 is 0 Å². The molecule has 2 aromatic heterocycles. The largest absolute Gasteiger partial charge is 0.335 e. The van der Waals surface area contributed by atoms with Crippen molar-refractivity contribution in [3.63, 3.8) is 0 Å². The molecule has 0 amide bonds. The number of hydrazine groups is 1. The molecular formula is C9H12N4. The molecule has 0 aliphatic heterocycles. The molecule has 0 saturated heterocycles. The quantitative estimate of drug-likeness (QED) is 0.518. The van der Waals surface area contributed by atoms with Crippen molar-refractivity contribution in [3.8, 4) is 0 Å². The number of aryl methyl sites for hydroxylation is 1. The number of hydrogen-bond acceptors (Lipinski definition) is 3. The smallest absolute Gasteiger partial charge is 0.139 e. The van der Waals surface area contributed by atoms with Gasteiger partial charge in [-0.15, -0.1) is 0 Å². The van der Waals surface area contributed by atoms with E-state index in [2.05, 4.69) is 16.5 Å². The van der Waals surface area contributed by atoms with E-state index in [9.17, 15) is 0 Å². The SMILES string of the molecule is Cn1cc(CNN)c2cccnc21. The van der Waals surface area contributed by atoms with Gasteiger partial charge in [-0.1, -0.05) is 0 Å². The van der Waals surface area contributed by atoms with Gasteiger partial charge < -0.3 is 4.57 Å². The van der Waals surface area contributed by atoms with Gasteiger partial charge >= 0.3 is 0 Å². The van der Waals surface area contributed by atoms with Crippen LogP contribution in [0.15, 0.2) is 24.5 Å². The summed E-state index contributed by atoms with van der Waals surface area (Å²) >= 11 is 0. The first kappa shape index (κ1) is 8.22. The van der Waals surface area contributed by atoms with Gasteiger partial charge in [0.15, 0.2) is 0 Å². The number of nitrogens with one attached hydrogen (secondary N) is 1. The van der Waals surface area contributed by atoms with Gasteiger partial charge in [0.05, 0.1) is 0 Å². The molecule has 0 atom stereocenters. The van der Waals surface area contributed by atoms with Crippen LogP contribution in [0.2, 0.25) is 0 Å². The molecule has 0 aliphatic rings. The normalized spacial score (nSPS) is 10.9. The van der Waals surface area contributed by atoms with Crippen LogP contribution in [-0.4, -0.2) is 9.55 Å². The summed E-state index contributed by atoms with van der Waals surface area (Å²) in [5.41, 5.74) is 4.82. The average Bonchev–Trinajstić information content (AvgIpc) is 2.46. The number of nitrogens with two attached hydrogens (primary N) is 1. The monoisotopic (exact) mass is 176 g/mol. The lowest BCUT2D eigenvalue weighted by Crippen LogP contribution is -2.20. The molecule has 68 valence electrons. The maximum absolute atomic E-state index is 5.28. The van der Waals surface area contributed by atoms with E-state index in [0.717, 1.165) is 11.0 Å². The molecule has 3 N–H and O–H groups in total. The molecule has 2 rings (SSSR count). The molecule has 0 bridgehead atoms. The third-order valence-corrected chi connectivity index (χ3v) is 2.11. The van der Waals surface area contributed by atoms with Crippen LogP contribution in [0.3, 0.4) is 0 Å². The number of rotatable bonds is 2. The molecule has 4 heteroatoms. The molecule has 0 aliphatic carbocycles. The lowest BCUT2D eigenvalue weighted by atomic mass is 10.2. The van der Waals surface area contributed by atoms with Crippen LogP contribution < -0.4 is 11.3 Å². The van der Waals surface area contributed by atoms with E-state index >= 15 is 0 Å². The van der Waals surface area contributed by atoms with E-state index in [1.165, 1.54) is 5.56 Å². The van der Waals surface area contributed by atoms with Crippen molar-refractivity contribution in [2.75, 3.05) is 0 Å². The Kier molecular flexibility index (Phi) is 2.00. The Labute approximate surface area is 76.3 Å². The van der Waals surface area contributed by atoms with E-state index in [0.29, 0.717) is 6.54 Å². The second-order valence-electron chi connectivity index (χ2n) is 3.02. The maximum Gasteiger partial charge on any atom is 0.139 e. The lowest BCUT2D eigenvalue weighted by molar-refractivity contribution is 0.742. The highest BCUT2D eigenvalue weighted by molar-refractivity contribution is 5.80. The molecule has 0 fully saturated rings. The van der Waals surface area contributed by atoms with Gasteiger partial charge in [-0.3, -0.25) is 11.3 Å². The fourth-order valence-corrected chi connectivity index (χ4v) is 1.54. The molecule has 0 spiro atoms. The molecule has 0 aromatic carbocycles. The van der Waals surface area contributed by atoms with Crippen LogP contribution in [-0.2, 0) is 13.6 Å². The van der Waals surface area contributed by atoms with Crippen LogP contribution in [0.5, 0.6) is 0 Å². The van der Waals surface area contributed by atoms with Crippen molar-refractivity contribution in [2.24, 2.45) is 12.9 Å². The highest BCUT2D eigenvalue weighted by Crippen LogP contribution is 2.17. The van der Waals surface area contributed by atoms with Gasteiger partial charge in [-0.25, -0.2) is 4.98 Å². The first-order chi connectivity index (χ1) is 6.33. The standard InChI is InChI=1S/C9H12N4/c1-13-6-7(5-12-10)8-3-2-4-11-9(8)13/h2-4,6,12H,5,10H2,1H3. The number of hydrogen-bond donors (Lipinski definition) is 2. The summed E-state index contributed by atoms with van der Waals surface area (Å²) in [6.45, 7) is 0.670. The molecular weight excluding hydrogens is 164 g/mol. The summed E-state index contributed by atoms with van der Waals surface area (Å²) in [4.78, 5) is 4.28. The van der Waals surface area contributed by atoms with Crippen LogP contribution in [0.1, 0.15) is 5.56 Å². The fraction of sp³-hybridized carbons (Fsp3) is 0.222. The van der Waals surface area contributed by atoms with Gasteiger partial charge in [0.2, 0.25) is 0 Å². The molecule has 0 unspecified atom stereocenters. The predicted molar refractivity (Wildman–Crippen MR) is 51.7 cm³/mol. The Hall–Kier alpha value is -1.39. The summed E-state index contributed by atoms with van der Waals surface area (Å²) in [5.74, 6) is 5.28. The highest BCUT2D eigenvalue weighted by atomic mass is 15.2. The van der Waals surface area contributed by atoms with E-state index in [4.69, 9.17) is 5.84 Å². The molecule has 13 heavy (non-hydrogen) atoms. The van der Waals surface area contributed by atoms with Crippen molar-refractivity contribution in [1.29, 1.82) is 0 Å². The minimum absolute atomic E-state index is 0.670. The van der Waals surface area contributed by atoms with Crippen LogP contribution in [0.4, 0.5) is 0 Å². The lowest BCUT2D eigenvalue weighted by Gasteiger charge is -1.94. The zero-order valence-corrected chi connectivity index (χ0v) is 7.49. The third-order valence-electron chi connectivity index (χ3n) is 2.11. The second-order valence-corrected chi connectivity index (χ2v) is 3.02. The van der Waals surface area contributed by atoms with Crippen molar-refractivity contribution in [3.05, 3.63) is 30.1 Å². The number of pyridine rings is 1. The van der Waals surface area contributed by atoms with Gasteiger partial charge in [0.25, 0.3) is 0 Å². The van der Waals surface area contributed by atoms with Gasteiger partial charge in [-0.2, -0.15) is 0 Å². The Balaban J connectivity index is 2.63. The minimum atomic E-state index is 0.670. The summed E-state index contributed by atoms with van der Waals surface area (Å²) in [5, 5.41) is 1.16. The summed E-state index contributed by atoms with van der Waals surface area (Å²) in [7, 11) is 1.98. The van der Waals surface area contributed by atoms with Gasteiger partial charge in [-0.05, 0) is 17.7 Å². The first-order valence-corrected chi connectivity index (χ1v) is 4.15. The molecule has 2 heterocycles. The summed E-state index contributed by atoms with van der Waals surface area (Å²) in [6.07, 6.45) is 3.83. The Morgan fingerprint density at radius 2 is 2.46 bits per heavy atom. The zero-order chi connectivity index (χ0) is 9.26. The average molecular weight is 176 g/mol. The van der Waals surface area contributed by atoms with Crippen LogP contribution in [0, 0.1) is 0 Å². The van der Waals surface area contributed by atoms with Crippen molar-refractivity contribution in [1.82, 2.24) is 15.0 Å². The van der Waals surface area contributed by atoms with Gasteiger partial charge in [0.1, 0.15) is 5.65 Å². The fourth-order valence-electron chi connectivity index (χ4n) is 1.54. The maximum atomic E-state index is 5.28. The van der Waals surface area contributed by atoms with E-state index in [-0.39, 0.29) is 0 Å². The second kappa shape index (κ2) is 3.16. The Morgan fingerprint density at radius 3 is 3.23 bits per heavy atom. The molecule has 4 nitrogen and oxygen atoms in total. The zero-order valence-electron chi connectivity index (χ0n) is 7.49. The highest BCUT2D eigenvalue weighted by Gasteiger charge is 2.04. The van der Waals surface area contributed by atoms with Crippen LogP contribution >= 0.6 is 0 Å². The summed E-state index contributed by atoms with van der Waals surface area (Å²) in [6, 6.07) is 3.98. The molecule has 0 saturated carbocycles. The molecule has 0 radical (unpaired) electrons. The van der Waals surface area contributed by atoms with E-state index in [1.807, 2.05) is 23.9 Å². The Morgan fingerprint density at radius 1 is 1.62 bits per heavy atom. The van der Waals surface area contributed by atoms with Crippen molar-refractivity contribution in [2.45, 2.75) is 6.54 Å². The number of fused-ring (bicyclic) bond motifs is 1. The third kappa shape index (κ3) is 1.30. The van der Waals surface area contributed by atoms with E-state index in [1.54, 1.807) is 6.20 Å². The minimum Gasteiger partial charge on any atom is -0.335 e. The van der Waals surface area contributed by atoms with Crippen molar-refractivity contribution < 1.29 is 0 Å².